The van der Waals surface area contributed by atoms with E-state index >= 15 is 0 Å². The molecule has 2 unspecified atom stereocenters. The molecule has 0 radical (unpaired) electrons. The predicted molar refractivity (Wildman–Crippen MR) is 190 cm³/mol. The van der Waals surface area contributed by atoms with Crippen molar-refractivity contribution in [2.45, 2.75) is 64.8 Å². The largest absolute Gasteiger partial charge is 0.425 e. The lowest BCUT2D eigenvalue weighted by atomic mass is 9.50. The quantitative estimate of drug-likeness (QED) is 0.190. The van der Waals surface area contributed by atoms with Crippen LogP contribution < -0.4 is 10.4 Å². The van der Waals surface area contributed by atoms with Gasteiger partial charge in [0.15, 0.2) is 0 Å². The third-order valence-corrected chi connectivity index (χ3v) is 11.7. The zero-order valence-corrected chi connectivity index (χ0v) is 27.3. The Morgan fingerprint density at radius 3 is 1.89 bits per heavy atom. The van der Waals surface area contributed by atoms with Crippen LogP contribution in [-0.4, -0.2) is 12.5 Å². The lowest BCUT2D eigenvalue weighted by Gasteiger charge is -2.48. The van der Waals surface area contributed by atoms with Crippen LogP contribution in [-0.2, 0) is 10.1 Å². The topological polar surface area (TPSA) is 12.5 Å². The summed E-state index contributed by atoms with van der Waals surface area (Å²) in [6.07, 6.45) is 1.26. The van der Waals surface area contributed by atoms with Gasteiger partial charge >= 0.3 is 6.92 Å². The zero-order chi connectivity index (χ0) is 31.1. The first kappa shape index (κ1) is 28.4. The van der Waals surface area contributed by atoms with E-state index in [1.165, 1.54) is 51.0 Å². The molecule has 2 atom stereocenters. The maximum Gasteiger partial charge on any atom is 0.330 e. The molecule has 0 bridgehead atoms. The van der Waals surface area contributed by atoms with Gasteiger partial charge in [-0.05, 0) is 106 Å². The minimum atomic E-state index is -0.157. The Bertz CT molecular complexity index is 1890. The van der Waals surface area contributed by atoms with Gasteiger partial charge in [0.05, 0.1) is 5.60 Å². The van der Waals surface area contributed by atoms with E-state index in [-0.39, 0.29) is 23.3 Å². The van der Waals surface area contributed by atoms with Crippen molar-refractivity contribution in [3.8, 4) is 22.3 Å². The number of nitrogens with zero attached hydrogens (tertiary/aromatic N) is 1. The third-order valence-electron chi connectivity index (χ3n) is 11.7. The molecular formula is C42H42BNO. The van der Waals surface area contributed by atoms with Crippen LogP contribution in [0, 0.1) is 11.3 Å². The van der Waals surface area contributed by atoms with Gasteiger partial charge in [-0.3, -0.25) is 0 Å². The van der Waals surface area contributed by atoms with Crippen LogP contribution in [0.1, 0.15) is 59.1 Å². The van der Waals surface area contributed by atoms with Gasteiger partial charge in [-0.25, -0.2) is 0 Å². The van der Waals surface area contributed by atoms with Crippen LogP contribution in [0.2, 0.25) is 5.82 Å². The number of hydrogen-bond acceptors (Lipinski definition) is 2. The van der Waals surface area contributed by atoms with Gasteiger partial charge in [0.25, 0.3) is 0 Å². The molecule has 3 heteroatoms. The molecule has 8 rings (SSSR count). The average Bonchev–Trinajstić information content (AvgIpc) is 3.83. The summed E-state index contributed by atoms with van der Waals surface area (Å²) in [7, 11) is 0. The van der Waals surface area contributed by atoms with Gasteiger partial charge in [-0.15, -0.1) is 0 Å². The number of benzene rings is 5. The first-order valence-corrected chi connectivity index (χ1v) is 16.5. The molecular weight excluding hydrogens is 545 g/mol. The molecule has 1 saturated heterocycles. The number of hydrogen-bond donors (Lipinski definition) is 0. The fraction of sp³-hybridized carbons (Fsp3) is 0.286. The Labute approximate surface area is 269 Å². The van der Waals surface area contributed by atoms with Crippen molar-refractivity contribution >= 4 is 29.4 Å². The van der Waals surface area contributed by atoms with Gasteiger partial charge in [-0.2, -0.15) is 0 Å². The van der Waals surface area contributed by atoms with Crippen molar-refractivity contribution < 1.29 is 4.65 Å². The molecule has 5 aromatic rings. The fourth-order valence-corrected chi connectivity index (χ4v) is 8.22. The lowest BCUT2D eigenvalue weighted by molar-refractivity contribution is -0.0399. The highest BCUT2D eigenvalue weighted by atomic mass is 16.5. The van der Waals surface area contributed by atoms with Gasteiger partial charge < -0.3 is 9.55 Å². The molecule has 5 aromatic carbocycles. The highest BCUT2D eigenvalue weighted by Gasteiger charge is 2.64. The second-order valence-corrected chi connectivity index (χ2v) is 15.0. The van der Waals surface area contributed by atoms with Crippen molar-refractivity contribution in [3.63, 3.8) is 0 Å². The lowest BCUT2D eigenvalue weighted by Crippen LogP contribution is -2.54. The highest BCUT2D eigenvalue weighted by Crippen LogP contribution is 2.65. The minimum absolute atomic E-state index is 0.0612. The smallest absolute Gasteiger partial charge is 0.330 e. The van der Waals surface area contributed by atoms with Crippen molar-refractivity contribution in [2.75, 3.05) is 4.90 Å². The van der Waals surface area contributed by atoms with Crippen LogP contribution in [0.5, 0.6) is 0 Å². The summed E-state index contributed by atoms with van der Waals surface area (Å²) in [4.78, 5) is 2.41. The van der Waals surface area contributed by atoms with Crippen LogP contribution >= 0.6 is 0 Å². The Balaban J connectivity index is 1.19. The Hall–Kier alpha value is -4.08. The summed E-state index contributed by atoms with van der Waals surface area (Å²) in [5.74, 6) is 1.34. The van der Waals surface area contributed by atoms with Gasteiger partial charge in [0, 0.05) is 22.5 Å². The molecule has 1 heterocycles. The van der Waals surface area contributed by atoms with E-state index in [0.29, 0.717) is 5.82 Å². The van der Waals surface area contributed by atoms with Crippen LogP contribution in [0.4, 0.5) is 17.1 Å². The zero-order valence-electron chi connectivity index (χ0n) is 27.3. The van der Waals surface area contributed by atoms with Crippen molar-refractivity contribution in [1.82, 2.24) is 0 Å². The minimum Gasteiger partial charge on any atom is -0.425 e. The number of fused-ring (bicyclic) bond motifs is 4. The van der Waals surface area contributed by atoms with Gasteiger partial charge in [0.2, 0.25) is 0 Å². The second-order valence-electron chi connectivity index (χ2n) is 15.0. The summed E-state index contributed by atoms with van der Waals surface area (Å²) in [6.45, 7) is 14.2. The molecule has 3 aliphatic rings. The van der Waals surface area contributed by atoms with Crippen molar-refractivity contribution in [3.05, 3.63) is 132 Å². The summed E-state index contributed by atoms with van der Waals surface area (Å²) in [5.41, 5.74) is 12.7. The van der Waals surface area contributed by atoms with Crippen molar-refractivity contribution in [1.29, 1.82) is 0 Å². The standard InChI is InChI=1S/C42H42BNO/c1-40(2)36-15-11-10-14-34(36)35-25-24-33(26-37(35)40)44(31-20-16-29(17-21-31)28-12-8-7-9-13-28)32-22-18-30(19-23-32)43-39-27-38(39)41(3,4)42(5,6)45-43/h7-26,38-39H,27H2,1-6H3. The van der Waals surface area contributed by atoms with E-state index in [9.17, 15) is 0 Å². The summed E-state index contributed by atoms with van der Waals surface area (Å²) in [5, 5.41) is 0. The van der Waals surface area contributed by atoms with Crippen molar-refractivity contribution in [2.24, 2.45) is 11.3 Å². The molecule has 224 valence electrons. The van der Waals surface area contributed by atoms with Gasteiger partial charge in [0.1, 0.15) is 0 Å². The van der Waals surface area contributed by atoms with E-state index in [4.69, 9.17) is 4.65 Å². The molecule has 0 amide bonds. The Morgan fingerprint density at radius 2 is 1.18 bits per heavy atom. The van der Waals surface area contributed by atoms with E-state index in [1.807, 2.05) is 0 Å². The van der Waals surface area contributed by atoms with Crippen LogP contribution in [0.15, 0.2) is 121 Å². The predicted octanol–water partition coefficient (Wildman–Crippen LogP) is 10.6. The number of rotatable bonds is 5. The van der Waals surface area contributed by atoms with Crippen LogP contribution in [0.25, 0.3) is 22.3 Å². The number of anilines is 3. The van der Waals surface area contributed by atoms with Gasteiger partial charge in [-0.1, -0.05) is 119 Å². The molecule has 1 aliphatic heterocycles. The molecule has 0 N–H and O–H groups in total. The maximum atomic E-state index is 6.84. The molecule has 45 heavy (non-hydrogen) atoms. The molecule has 1 saturated carbocycles. The highest BCUT2D eigenvalue weighted by molar-refractivity contribution is 6.70. The van der Waals surface area contributed by atoms with Crippen LogP contribution in [0.3, 0.4) is 0 Å². The molecule has 2 nitrogen and oxygen atoms in total. The summed E-state index contributed by atoms with van der Waals surface area (Å²) >= 11 is 0. The normalized spacial score (nSPS) is 21.4. The molecule has 2 aliphatic carbocycles. The average molecular weight is 588 g/mol. The molecule has 0 aromatic heterocycles. The SMILES string of the molecule is CC1(C)c2ccccc2-c2ccc(N(c3ccc(B4OC(C)(C)C(C)(C)C5CC45)cc3)c3ccc(-c4ccccc4)cc3)cc21. The summed E-state index contributed by atoms with van der Waals surface area (Å²) in [6, 6.07) is 44.7. The van der Waals surface area contributed by atoms with E-state index in [2.05, 4.69) is 168 Å². The fourth-order valence-electron chi connectivity index (χ4n) is 8.22. The first-order chi connectivity index (χ1) is 21.6. The van der Waals surface area contributed by atoms with E-state index < -0.39 is 0 Å². The second kappa shape index (κ2) is 9.96. The first-order valence-electron chi connectivity index (χ1n) is 16.5. The molecule has 0 spiro atoms. The third kappa shape index (κ3) is 4.42. The maximum absolute atomic E-state index is 6.84. The van der Waals surface area contributed by atoms with E-state index in [1.54, 1.807) is 0 Å². The Kier molecular flexibility index (Phi) is 6.29. The Morgan fingerprint density at radius 1 is 0.600 bits per heavy atom. The molecule has 2 fully saturated rings. The summed E-state index contributed by atoms with van der Waals surface area (Å²) < 4.78 is 6.84. The monoisotopic (exact) mass is 587 g/mol. The van der Waals surface area contributed by atoms with E-state index in [0.717, 1.165) is 17.3 Å².